The van der Waals surface area contributed by atoms with Gasteiger partial charge in [0.25, 0.3) is 0 Å². The molecule has 0 bridgehead atoms. The summed E-state index contributed by atoms with van der Waals surface area (Å²) in [5.74, 6) is -0.145. The number of carbonyl (C=O) groups is 2. The molecule has 172 valence electrons. The second kappa shape index (κ2) is 10.1. The lowest BCUT2D eigenvalue weighted by Crippen LogP contribution is -2.40. The van der Waals surface area contributed by atoms with Gasteiger partial charge in [0.15, 0.2) is 5.78 Å². The van der Waals surface area contributed by atoms with E-state index in [1.54, 1.807) is 21.6 Å². The molecule has 2 aromatic carbocycles. The highest BCUT2D eigenvalue weighted by atomic mass is 79.9. The van der Waals surface area contributed by atoms with Gasteiger partial charge in [0.1, 0.15) is 0 Å². The highest BCUT2D eigenvalue weighted by Crippen LogP contribution is 2.30. The van der Waals surface area contributed by atoms with Crippen molar-refractivity contribution in [3.8, 4) is 11.3 Å². The number of rotatable bonds is 6. The van der Waals surface area contributed by atoms with Crippen molar-refractivity contribution in [1.29, 1.82) is 0 Å². The first-order valence-corrected chi connectivity index (χ1v) is 12.3. The van der Waals surface area contributed by atoms with Gasteiger partial charge in [-0.25, -0.2) is 4.79 Å². The summed E-state index contributed by atoms with van der Waals surface area (Å²) in [6.45, 7) is 1.13. The first kappa shape index (κ1) is 23.5. The van der Waals surface area contributed by atoms with Crippen LogP contribution >= 0.6 is 31.9 Å². The number of hydrogen-bond acceptors (Lipinski definition) is 4. The van der Waals surface area contributed by atoms with Crippen molar-refractivity contribution in [1.82, 2.24) is 14.5 Å². The number of nitrogens with one attached hydrogen (secondary N) is 1. The van der Waals surface area contributed by atoms with Gasteiger partial charge in [-0.1, -0.05) is 30.3 Å². The first-order chi connectivity index (χ1) is 15.8. The Balaban J connectivity index is 1.32. The molecule has 0 atom stereocenters. The Hall–Kier alpha value is -2.65. The average molecular weight is 576 g/mol. The Kier molecular flexibility index (Phi) is 7.19. The number of aromatic nitrogens is 2. The van der Waals surface area contributed by atoms with Crippen molar-refractivity contribution in [3.05, 3.63) is 73.7 Å². The number of nitrogens with two attached hydrogens (primary N) is 1. The fraction of sp³-hybridized carbons (Fsp3) is 0.292. The number of anilines is 1. The molecule has 33 heavy (non-hydrogen) atoms. The molecule has 0 saturated carbocycles. The molecule has 3 aromatic rings. The maximum atomic E-state index is 12.7. The topological polar surface area (TPSA) is 101 Å². The minimum atomic E-state index is -0.134. The smallest absolute Gasteiger partial charge is 0.326 e. The van der Waals surface area contributed by atoms with Crippen LogP contribution in [0.3, 0.4) is 0 Å². The summed E-state index contributed by atoms with van der Waals surface area (Å²) < 4.78 is 3.03. The minimum absolute atomic E-state index is 0.0400. The van der Waals surface area contributed by atoms with E-state index in [0.29, 0.717) is 46.1 Å². The number of imidazole rings is 1. The van der Waals surface area contributed by atoms with Crippen LogP contribution in [0.5, 0.6) is 0 Å². The fourth-order valence-corrected chi connectivity index (χ4v) is 5.29. The number of ketones is 1. The SMILES string of the molecule is Nc1c(Br)cc(C(=O)CCC(=O)N2CCC(n3cc(-c4ccccc4)[nH]c3=O)CC2)cc1Br. The lowest BCUT2D eigenvalue weighted by molar-refractivity contribution is -0.132. The van der Waals surface area contributed by atoms with Crippen molar-refractivity contribution in [2.75, 3.05) is 18.8 Å². The van der Waals surface area contributed by atoms with Crippen molar-refractivity contribution in [2.45, 2.75) is 31.7 Å². The van der Waals surface area contributed by atoms with Crippen LogP contribution in [-0.2, 0) is 4.79 Å². The molecule has 0 radical (unpaired) electrons. The van der Waals surface area contributed by atoms with E-state index >= 15 is 0 Å². The van der Waals surface area contributed by atoms with Gasteiger partial charge in [-0.3, -0.25) is 14.2 Å². The first-order valence-electron chi connectivity index (χ1n) is 10.8. The monoisotopic (exact) mass is 574 g/mol. The summed E-state index contributed by atoms with van der Waals surface area (Å²) in [4.78, 5) is 42.4. The highest BCUT2D eigenvalue weighted by molar-refractivity contribution is 9.11. The van der Waals surface area contributed by atoms with E-state index in [-0.39, 0.29) is 36.3 Å². The second-order valence-corrected chi connectivity index (χ2v) is 9.84. The van der Waals surface area contributed by atoms with Crippen molar-refractivity contribution in [3.63, 3.8) is 0 Å². The molecule has 1 amide bonds. The van der Waals surface area contributed by atoms with Crippen LogP contribution in [0, 0.1) is 0 Å². The van der Waals surface area contributed by atoms with Gasteiger partial charge in [0, 0.05) is 52.7 Å². The number of halogens is 2. The summed E-state index contributed by atoms with van der Waals surface area (Å²) in [5, 5.41) is 0. The van der Waals surface area contributed by atoms with Gasteiger partial charge < -0.3 is 15.6 Å². The number of Topliss-reactive ketones (excluding diaryl/α,β-unsaturated/α-hetero) is 1. The van der Waals surface area contributed by atoms with E-state index in [9.17, 15) is 14.4 Å². The van der Waals surface area contributed by atoms with Crippen LogP contribution in [0.1, 0.15) is 42.1 Å². The zero-order valence-corrected chi connectivity index (χ0v) is 21.1. The Bertz CT molecular complexity index is 1210. The number of nitrogen functional groups attached to an aromatic ring is 1. The fourth-order valence-electron chi connectivity index (χ4n) is 4.11. The summed E-state index contributed by atoms with van der Waals surface area (Å²) in [5.41, 5.74) is 8.53. The van der Waals surface area contributed by atoms with Crippen LogP contribution in [0.2, 0.25) is 0 Å². The molecule has 1 aliphatic heterocycles. The number of H-pyrrole nitrogens is 1. The molecule has 2 heterocycles. The maximum absolute atomic E-state index is 12.7. The molecule has 9 heteroatoms. The van der Waals surface area contributed by atoms with Crippen LogP contribution in [0.15, 0.2) is 62.4 Å². The third-order valence-corrected chi connectivity index (χ3v) is 7.32. The third kappa shape index (κ3) is 5.30. The number of piperidine rings is 1. The predicted molar refractivity (Wildman–Crippen MR) is 135 cm³/mol. The number of amides is 1. The lowest BCUT2D eigenvalue weighted by atomic mass is 10.0. The predicted octanol–water partition coefficient (Wildman–Crippen LogP) is 4.78. The maximum Gasteiger partial charge on any atom is 0.326 e. The zero-order chi connectivity index (χ0) is 23.5. The van der Waals surface area contributed by atoms with Crippen LogP contribution < -0.4 is 11.4 Å². The van der Waals surface area contributed by atoms with E-state index in [0.717, 1.165) is 11.3 Å². The molecule has 7 nitrogen and oxygen atoms in total. The van der Waals surface area contributed by atoms with Crippen molar-refractivity contribution >= 4 is 49.2 Å². The average Bonchev–Trinajstić information content (AvgIpc) is 3.22. The lowest BCUT2D eigenvalue weighted by Gasteiger charge is -2.32. The molecular formula is C24H24Br2N4O3. The molecule has 1 aromatic heterocycles. The summed E-state index contributed by atoms with van der Waals surface area (Å²) >= 11 is 6.69. The summed E-state index contributed by atoms with van der Waals surface area (Å²) in [7, 11) is 0. The van der Waals surface area contributed by atoms with Crippen LogP contribution in [0.4, 0.5) is 5.69 Å². The molecule has 0 unspecified atom stereocenters. The largest absolute Gasteiger partial charge is 0.397 e. The van der Waals surface area contributed by atoms with Gasteiger partial charge >= 0.3 is 5.69 Å². The molecule has 1 aliphatic rings. The number of hydrogen-bond donors (Lipinski definition) is 2. The molecule has 0 spiro atoms. The number of nitrogens with zero attached hydrogens (tertiary/aromatic N) is 2. The zero-order valence-electron chi connectivity index (χ0n) is 17.9. The molecule has 4 rings (SSSR count). The van der Waals surface area contributed by atoms with Crippen molar-refractivity contribution < 1.29 is 9.59 Å². The number of likely N-dealkylation sites (tertiary alicyclic amines) is 1. The molecule has 1 fully saturated rings. The normalized spacial score (nSPS) is 14.4. The van der Waals surface area contributed by atoms with E-state index in [1.807, 2.05) is 36.5 Å². The van der Waals surface area contributed by atoms with Gasteiger partial charge in [0.05, 0.1) is 11.4 Å². The standard InChI is InChI=1S/C24H24Br2N4O3/c25-18-12-16(13-19(26)23(18)27)21(31)6-7-22(32)29-10-8-17(9-11-29)30-14-20(28-24(30)33)15-4-2-1-3-5-15/h1-5,12-14,17H,6-11,27H2,(H,28,33). The van der Waals surface area contributed by atoms with Gasteiger partial charge in [0.2, 0.25) is 5.91 Å². The summed E-state index contributed by atoms with van der Waals surface area (Å²) in [6, 6.07) is 13.1. The van der Waals surface area contributed by atoms with Crippen LogP contribution in [-0.4, -0.2) is 39.2 Å². The molecule has 0 aliphatic carbocycles. The highest BCUT2D eigenvalue weighted by Gasteiger charge is 2.25. The Morgan fingerprint density at radius 2 is 1.67 bits per heavy atom. The van der Waals surface area contributed by atoms with E-state index in [2.05, 4.69) is 36.8 Å². The van der Waals surface area contributed by atoms with Crippen molar-refractivity contribution in [2.24, 2.45) is 0 Å². The third-order valence-electron chi connectivity index (χ3n) is 6.01. The second-order valence-electron chi connectivity index (χ2n) is 8.13. The Labute approximate surface area is 208 Å². The molecule has 1 saturated heterocycles. The van der Waals surface area contributed by atoms with E-state index in [1.165, 1.54) is 0 Å². The van der Waals surface area contributed by atoms with E-state index in [4.69, 9.17) is 5.73 Å². The molecule has 3 N–H and O–H groups in total. The quantitative estimate of drug-likeness (QED) is 0.326. The number of aromatic amines is 1. The van der Waals surface area contributed by atoms with Gasteiger partial charge in [-0.05, 0) is 62.4 Å². The van der Waals surface area contributed by atoms with E-state index < -0.39 is 0 Å². The Morgan fingerprint density at radius 3 is 2.30 bits per heavy atom. The molecular weight excluding hydrogens is 552 g/mol. The van der Waals surface area contributed by atoms with Gasteiger partial charge in [-0.15, -0.1) is 0 Å². The number of carbonyl (C=O) groups excluding carboxylic acids is 2. The Morgan fingerprint density at radius 1 is 1.03 bits per heavy atom. The number of benzene rings is 2. The summed E-state index contributed by atoms with van der Waals surface area (Å²) in [6.07, 6.45) is 3.55. The van der Waals surface area contributed by atoms with Gasteiger partial charge in [-0.2, -0.15) is 0 Å². The minimum Gasteiger partial charge on any atom is -0.397 e. The van der Waals surface area contributed by atoms with Crippen LogP contribution in [0.25, 0.3) is 11.3 Å².